The zero-order valence-electron chi connectivity index (χ0n) is 24.5. The van der Waals surface area contributed by atoms with Crippen LogP contribution >= 0.6 is 6.04 Å². The van der Waals surface area contributed by atoms with Crippen molar-refractivity contribution in [1.29, 1.82) is 0 Å². The Bertz CT molecular complexity index is 2310. The van der Waals surface area contributed by atoms with E-state index in [9.17, 15) is 0 Å². The molecule has 0 amide bonds. The van der Waals surface area contributed by atoms with Crippen LogP contribution < -0.4 is 25.4 Å². The molecule has 0 aliphatic carbocycles. The molecule has 2 aliphatic rings. The normalized spacial score (nSPS) is 15.8. The molecule has 2 heterocycles. The van der Waals surface area contributed by atoms with Gasteiger partial charge in [-0.1, -0.05) is 109 Å². The highest BCUT2D eigenvalue weighted by atomic mass is 32.4. The second-order valence-corrected chi connectivity index (χ2v) is 16.0. The van der Waals surface area contributed by atoms with Crippen molar-refractivity contribution in [1.82, 2.24) is 0 Å². The molecule has 0 saturated heterocycles. The fourth-order valence-corrected chi connectivity index (χ4v) is 11.6. The van der Waals surface area contributed by atoms with Gasteiger partial charge in [0.05, 0.1) is 11.3 Å². The number of fused-ring (bicyclic) bond motifs is 6. The van der Waals surface area contributed by atoms with Gasteiger partial charge in [0, 0.05) is 16.2 Å². The van der Waals surface area contributed by atoms with E-state index in [0.717, 1.165) is 77.5 Å². The first-order valence-corrected chi connectivity index (χ1v) is 17.9. The summed E-state index contributed by atoms with van der Waals surface area (Å²) in [6.07, 6.45) is 0. The summed E-state index contributed by atoms with van der Waals surface area (Å²) in [6.45, 7) is 2.10. The number of hydrogen-bond donors (Lipinski definition) is 0. The zero-order chi connectivity index (χ0) is 30.1. The summed E-state index contributed by atoms with van der Waals surface area (Å²) in [5, 5.41) is 5.50. The lowest BCUT2D eigenvalue weighted by Crippen LogP contribution is -2.35. The minimum Gasteiger partial charge on any atom is -0.456 e. The van der Waals surface area contributed by atoms with E-state index in [1.807, 2.05) is 0 Å². The van der Waals surface area contributed by atoms with Crippen LogP contribution in [0.2, 0.25) is 0 Å². The highest BCUT2D eigenvalue weighted by Gasteiger charge is 2.44. The quantitative estimate of drug-likeness (QED) is 0.185. The molecule has 9 rings (SSSR count). The van der Waals surface area contributed by atoms with Crippen molar-refractivity contribution in [3.8, 4) is 56.4 Å². The number of hydrogen-bond acceptors (Lipinski definition) is 3. The van der Waals surface area contributed by atoms with Crippen LogP contribution in [0, 0.1) is 6.92 Å². The summed E-state index contributed by atoms with van der Waals surface area (Å²) in [5.41, 5.74) is 7.86. The Balaban J connectivity index is 1.35. The molecule has 1 atom stereocenters. The molecule has 7 aromatic rings. The van der Waals surface area contributed by atoms with Crippen molar-refractivity contribution >= 4 is 44.5 Å². The van der Waals surface area contributed by atoms with Gasteiger partial charge in [0.1, 0.15) is 23.0 Å². The Kier molecular flexibility index (Phi) is 5.90. The van der Waals surface area contributed by atoms with E-state index in [4.69, 9.17) is 21.3 Å². The third-order valence-corrected chi connectivity index (χ3v) is 13.8. The average Bonchev–Trinajstić information content (AvgIpc) is 3.08. The first-order valence-electron chi connectivity index (χ1n) is 15.1. The Morgan fingerprint density at radius 2 is 1.11 bits per heavy atom. The van der Waals surface area contributed by atoms with E-state index in [0.29, 0.717) is 0 Å². The standard InChI is InChI=1S/C41H27O2PS/c1-26-16-21-38-37(22-26)42-36-20-18-33(39-41(36)44(38,45)40-34-15-9-8-14-29(34)17-19-35(40)43-39)32-24-30(27-10-4-2-5-11-27)23-31(25-32)28-12-6-3-7-13-28/h2-25H,1H3. The number of benzene rings is 7. The molecule has 1 unspecified atom stereocenters. The largest absolute Gasteiger partial charge is 0.456 e. The van der Waals surface area contributed by atoms with Crippen LogP contribution in [-0.2, 0) is 11.8 Å². The summed E-state index contributed by atoms with van der Waals surface area (Å²) >= 11 is 6.99. The van der Waals surface area contributed by atoms with Crippen molar-refractivity contribution in [2.75, 3.05) is 0 Å². The third-order valence-electron chi connectivity index (χ3n) is 8.93. The fraction of sp³-hybridized carbons (Fsp3) is 0.0244. The van der Waals surface area contributed by atoms with Crippen LogP contribution in [0.5, 0.6) is 23.0 Å². The summed E-state index contributed by atoms with van der Waals surface area (Å²) in [4.78, 5) is 0. The molecule has 0 fully saturated rings. The number of aryl methyl sites for hydroxylation is 1. The Morgan fingerprint density at radius 1 is 0.489 bits per heavy atom. The van der Waals surface area contributed by atoms with Crippen LogP contribution in [0.3, 0.4) is 0 Å². The average molecular weight is 615 g/mol. The Hall–Kier alpha value is -4.95. The first-order chi connectivity index (χ1) is 22.1. The molecule has 0 N–H and O–H groups in total. The molecule has 7 aromatic carbocycles. The SMILES string of the molecule is Cc1ccc2c(c1)Oc1ccc(-c3cc(-c4ccccc4)cc(-c4ccccc4)c3)c3c1P2(=S)c1c(ccc2ccccc12)O3. The summed E-state index contributed by atoms with van der Waals surface area (Å²) in [6, 6.07) is 48.8. The molecule has 0 bridgehead atoms. The lowest BCUT2D eigenvalue weighted by Gasteiger charge is -2.39. The van der Waals surface area contributed by atoms with Crippen molar-refractivity contribution in [3.63, 3.8) is 0 Å². The van der Waals surface area contributed by atoms with Gasteiger partial charge in [-0.3, -0.25) is 0 Å². The second-order valence-electron chi connectivity index (χ2n) is 11.7. The number of ether oxygens (including phenoxy) is 2. The molecule has 2 nitrogen and oxygen atoms in total. The zero-order valence-corrected chi connectivity index (χ0v) is 26.2. The molecule has 0 aromatic heterocycles. The van der Waals surface area contributed by atoms with Crippen LogP contribution in [-0.4, -0.2) is 0 Å². The maximum atomic E-state index is 6.99. The van der Waals surface area contributed by atoms with Gasteiger partial charge < -0.3 is 9.47 Å². The van der Waals surface area contributed by atoms with Crippen molar-refractivity contribution in [3.05, 3.63) is 151 Å². The molecule has 4 heteroatoms. The second kappa shape index (κ2) is 10.0. The van der Waals surface area contributed by atoms with E-state index in [2.05, 4.69) is 153 Å². The van der Waals surface area contributed by atoms with Crippen molar-refractivity contribution < 1.29 is 9.47 Å². The van der Waals surface area contributed by atoms with Gasteiger partial charge in [-0.25, -0.2) is 0 Å². The Morgan fingerprint density at radius 3 is 1.84 bits per heavy atom. The predicted octanol–water partition coefficient (Wildman–Crippen LogP) is 10.1. The Labute approximate surface area is 267 Å². The van der Waals surface area contributed by atoms with Crippen LogP contribution in [0.4, 0.5) is 0 Å². The molecule has 214 valence electrons. The molecule has 2 aliphatic heterocycles. The third kappa shape index (κ3) is 4.05. The molecule has 0 radical (unpaired) electrons. The highest BCUT2D eigenvalue weighted by molar-refractivity contribution is 8.26. The smallest absolute Gasteiger partial charge is 0.148 e. The molecular weight excluding hydrogens is 587 g/mol. The van der Waals surface area contributed by atoms with Gasteiger partial charge in [-0.2, -0.15) is 0 Å². The summed E-state index contributed by atoms with van der Waals surface area (Å²) in [5.74, 6) is 3.27. The lowest BCUT2D eigenvalue weighted by atomic mass is 9.93. The lowest BCUT2D eigenvalue weighted by molar-refractivity contribution is 0.468. The van der Waals surface area contributed by atoms with E-state index < -0.39 is 6.04 Å². The minimum atomic E-state index is -2.58. The van der Waals surface area contributed by atoms with Crippen molar-refractivity contribution in [2.24, 2.45) is 0 Å². The molecular formula is C41H27O2PS. The van der Waals surface area contributed by atoms with E-state index in [1.165, 1.54) is 11.1 Å². The first kappa shape index (κ1) is 26.5. The van der Waals surface area contributed by atoms with Gasteiger partial charge in [-0.15, -0.1) is 0 Å². The monoisotopic (exact) mass is 614 g/mol. The number of rotatable bonds is 3. The maximum Gasteiger partial charge on any atom is 0.148 e. The molecule has 45 heavy (non-hydrogen) atoms. The van der Waals surface area contributed by atoms with Gasteiger partial charge in [0.2, 0.25) is 0 Å². The van der Waals surface area contributed by atoms with Gasteiger partial charge >= 0.3 is 0 Å². The van der Waals surface area contributed by atoms with Gasteiger partial charge in [0.25, 0.3) is 0 Å². The van der Waals surface area contributed by atoms with Crippen molar-refractivity contribution in [2.45, 2.75) is 6.92 Å². The van der Waals surface area contributed by atoms with E-state index in [-0.39, 0.29) is 0 Å². The van der Waals surface area contributed by atoms with Crippen LogP contribution in [0.25, 0.3) is 44.2 Å². The summed E-state index contributed by atoms with van der Waals surface area (Å²) in [7, 11) is 0. The highest BCUT2D eigenvalue weighted by Crippen LogP contribution is 2.61. The summed E-state index contributed by atoms with van der Waals surface area (Å²) < 4.78 is 13.6. The fourth-order valence-electron chi connectivity index (χ4n) is 6.83. The minimum absolute atomic E-state index is 0.788. The van der Waals surface area contributed by atoms with Crippen LogP contribution in [0.15, 0.2) is 146 Å². The van der Waals surface area contributed by atoms with Gasteiger partial charge in [0.15, 0.2) is 0 Å². The maximum absolute atomic E-state index is 6.99. The molecule has 0 saturated carbocycles. The van der Waals surface area contributed by atoms with E-state index >= 15 is 0 Å². The van der Waals surface area contributed by atoms with E-state index in [1.54, 1.807) is 0 Å². The predicted molar refractivity (Wildman–Crippen MR) is 191 cm³/mol. The topological polar surface area (TPSA) is 18.5 Å². The molecule has 0 spiro atoms. The van der Waals surface area contributed by atoms with Gasteiger partial charge in [-0.05, 0) is 99.6 Å². The van der Waals surface area contributed by atoms with Crippen LogP contribution in [0.1, 0.15) is 5.56 Å².